The monoisotopic (exact) mass is 672 g/mol. The molecule has 8 heteroatoms. The molecule has 3 fully saturated rings. The number of aromatic hydroxyl groups is 3. The van der Waals surface area contributed by atoms with Crippen molar-refractivity contribution < 1.29 is 34.3 Å². The van der Waals surface area contributed by atoms with Crippen LogP contribution in [0.4, 0.5) is 0 Å². The zero-order valence-corrected chi connectivity index (χ0v) is 29.6. The average molecular weight is 673 g/mol. The number of epoxide rings is 3. The van der Waals surface area contributed by atoms with E-state index in [0.717, 1.165) is 44.0 Å². The van der Waals surface area contributed by atoms with E-state index >= 15 is 0 Å². The van der Waals surface area contributed by atoms with Gasteiger partial charge < -0.3 is 34.3 Å². The third kappa shape index (κ3) is 22.2. The molecule has 47 heavy (non-hydrogen) atoms. The molecule has 2 atom stereocenters. The Morgan fingerprint density at radius 3 is 1.36 bits per heavy atom. The summed E-state index contributed by atoms with van der Waals surface area (Å²) in [6, 6.07) is 22.0. The number of hydrogen-bond acceptors (Lipinski definition) is 7. The number of halogens is 1. The molecule has 3 heterocycles. The van der Waals surface area contributed by atoms with Gasteiger partial charge in [-0.2, -0.15) is 0 Å². The first-order chi connectivity index (χ1) is 22.6. The maximum atomic E-state index is 9.30. The number of phenols is 3. The Hall–Kier alpha value is -3.10. The molecule has 3 N–H and O–H groups in total. The lowest BCUT2D eigenvalue weighted by Gasteiger charge is -2.26. The summed E-state index contributed by atoms with van der Waals surface area (Å²) in [5.74, 6) is 1.58. The molecule has 3 aliphatic rings. The quantitative estimate of drug-likeness (QED) is 0.106. The summed E-state index contributed by atoms with van der Waals surface area (Å²) in [6.07, 6.45) is 11.6. The second-order valence-electron chi connectivity index (χ2n) is 12.1. The van der Waals surface area contributed by atoms with Crippen LogP contribution in [0.1, 0.15) is 89.3 Å². The minimum Gasteiger partial charge on any atom is -0.508 e. The van der Waals surface area contributed by atoms with Gasteiger partial charge in [0.05, 0.1) is 44.5 Å². The highest BCUT2D eigenvalue weighted by Gasteiger charge is 2.23. The first-order valence-electron chi connectivity index (χ1n) is 16.7. The minimum absolute atomic E-state index is 0.151. The van der Waals surface area contributed by atoms with Gasteiger partial charge in [-0.15, -0.1) is 11.6 Å². The number of benzene rings is 3. The van der Waals surface area contributed by atoms with E-state index in [1.807, 2.05) is 43.2 Å². The molecule has 7 nitrogen and oxygen atoms in total. The smallest absolute Gasteiger partial charge is 0.115 e. The van der Waals surface area contributed by atoms with Crippen molar-refractivity contribution >= 4 is 18.4 Å². The maximum Gasteiger partial charge on any atom is 0.115 e. The van der Waals surface area contributed by atoms with Crippen LogP contribution >= 0.6 is 11.6 Å². The Kier molecular flexibility index (Phi) is 22.3. The Morgan fingerprint density at radius 1 is 0.702 bits per heavy atom. The number of unbranched alkanes of at least 4 members (excludes halogenated alkanes) is 6. The SMILES string of the molecule is C1CO1.C=O.CC(C)(c1ccc(O)cc1)c1ccc(O)cc1.CC1CO1.CCCCCCCCCc1ccc(O)cc1.ClCC1CO1. The van der Waals surface area contributed by atoms with E-state index in [2.05, 4.69) is 32.4 Å². The molecule has 0 bridgehead atoms. The fourth-order valence-corrected chi connectivity index (χ4v) is 4.30. The molecule has 0 radical (unpaired) electrons. The number of alkyl halides is 1. The van der Waals surface area contributed by atoms with Crippen LogP contribution in [-0.4, -0.2) is 66.6 Å². The van der Waals surface area contributed by atoms with Crippen LogP contribution in [0.25, 0.3) is 0 Å². The first-order valence-corrected chi connectivity index (χ1v) is 17.2. The number of aryl methyl sites for hydroxylation is 1. The Morgan fingerprint density at radius 2 is 1.06 bits per heavy atom. The molecule has 3 saturated heterocycles. The molecule has 0 saturated carbocycles. The van der Waals surface area contributed by atoms with Gasteiger partial charge in [0.1, 0.15) is 24.0 Å². The molecule has 6 rings (SSSR count). The van der Waals surface area contributed by atoms with Crippen molar-refractivity contribution in [3.05, 3.63) is 89.5 Å². The normalized spacial score (nSPS) is 16.4. The lowest BCUT2D eigenvalue weighted by Crippen LogP contribution is -2.18. The van der Waals surface area contributed by atoms with Gasteiger partial charge in [0.25, 0.3) is 0 Å². The summed E-state index contributed by atoms with van der Waals surface area (Å²) in [7, 11) is 0. The van der Waals surface area contributed by atoms with Crippen LogP contribution < -0.4 is 0 Å². The van der Waals surface area contributed by atoms with Gasteiger partial charge in [0, 0.05) is 5.41 Å². The van der Waals surface area contributed by atoms with Gasteiger partial charge in [-0.3, -0.25) is 0 Å². The van der Waals surface area contributed by atoms with Crippen LogP contribution in [0.15, 0.2) is 72.8 Å². The number of hydrogen-bond donors (Lipinski definition) is 3. The predicted octanol–water partition coefficient (Wildman–Crippen LogP) is 8.97. The largest absolute Gasteiger partial charge is 0.508 e. The summed E-state index contributed by atoms with van der Waals surface area (Å²) in [6.45, 7) is 14.4. The molecule has 0 aliphatic carbocycles. The van der Waals surface area contributed by atoms with Crippen molar-refractivity contribution in [1.82, 2.24) is 0 Å². The highest BCUT2D eigenvalue weighted by atomic mass is 35.5. The molecule has 2 unspecified atom stereocenters. The molecule has 0 amide bonds. The van der Waals surface area contributed by atoms with Crippen LogP contribution in [-0.2, 0) is 30.8 Å². The lowest BCUT2D eigenvalue weighted by molar-refractivity contribution is -0.0980. The molecule has 262 valence electrons. The van der Waals surface area contributed by atoms with Gasteiger partial charge >= 0.3 is 0 Å². The van der Waals surface area contributed by atoms with Gasteiger partial charge in [0.15, 0.2) is 0 Å². The van der Waals surface area contributed by atoms with Crippen molar-refractivity contribution in [2.24, 2.45) is 0 Å². The van der Waals surface area contributed by atoms with E-state index in [1.54, 1.807) is 36.4 Å². The van der Waals surface area contributed by atoms with Gasteiger partial charge in [-0.1, -0.05) is 95.7 Å². The maximum absolute atomic E-state index is 9.30. The number of carbonyl (C=O) groups is 1. The van der Waals surface area contributed by atoms with Gasteiger partial charge in [0.2, 0.25) is 0 Å². The third-order valence-electron chi connectivity index (χ3n) is 7.46. The van der Waals surface area contributed by atoms with Crippen molar-refractivity contribution in [2.45, 2.75) is 96.7 Å². The van der Waals surface area contributed by atoms with Gasteiger partial charge in [-0.05, 0) is 72.9 Å². The first kappa shape index (κ1) is 41.9. The second kappa shape index (κ2) is 25.0. The summed E-state index contributed by atoms with van der Waals surface area (Å²) in [5, 5.41) is 27.7. The van der Waals surface area contributed by atoms with Crippen molar-refractivity contribution in [3.8, 4) is 17.2 Å². The van der Waals surface area contributed by atoms with E-state index < -0.39 is 0 Å². The molecule has 0 aromatic heterocycles. The topological polar surface area (TPSA) is 115 Å². The zero-order valence-electron chi connectivity index (χ0n) is 28.8. The summed E-state index contributed by atoms with van der Waals surface area (Å²) < 4.78 is 13.9. The zero-order chi connectivity index (χ0) is 34.9. The van der Waals surface area contributed by atoms with E-state index in [1.165, 1.54) is 50.5 Å². The summed E-state index contributed by atoms with van der Waals surface area (Å²) in [5.41, 5.74) is 3.44. The Labute approximate surface area is 287 Å². The fraction of sp³-hybridized carbons (Fsp3) is 0.513. The summed E-state index contributed by atoms with van der Waals surface area (Å²) in [4.78, 5) is 8.00. The summed E-state index contributed by atoms with van der Waals surface area (Å²) >= 11 is 5.27. The van der Waals surface area contributed by atoms with E-state index in [9.17, 15) is 10.2 Å². The van der Waals surface area contributed by atoms with Crippen LogP contribution in [0, 0.1) is 0 Å². The number of ether oxygens (including phenoxy) is 3. The standard InChI is InChI=1S/C15H16O2.C15H24O.C3H5ClO.C3H6O.C2H4O.CH2O/c1-15(2,11-3-7-13(16)8-4-11)12-5-9-14(17)10-6-12;1-2-3-4-5-6-7-8-9-14-10-12-15(16)13-11-14;4-1-3-2-5-3;1-3-2-4-3;1-2-3-1;1-2/h3-10,16-17H,1-2H3;10-13,16H,2-9H2,1H3;3H,1-2H2;3H,2H2,1H3;1-2H2;1H2. The lowest BCUT2D eigenvalue weighted by atomic mass is 9.78. The molecule has 3 aromatic rings. The highest BCUT2D eigenvalue weighted by Crippen LogP contribution is 2.33. The predicted molar refractivity (Wildman–Crippen MR) is 192 cm³/mol. The number of carbonyl (C=O) groups excluding carboxylic acids is 1. The van der Waals surface area contributed by atoms with Crippen LogP contribution in [0.2, 0.25) is 0 Å². The number of rotatable bonds is 11. The molecule has 0 spiro atoms. The van der Waals surface area contributed by atoms with Crippen LogP contribution in [0.3, 0.4) is 0 Å². The van der Waals surface area contributed by atoms with E-state index in [-0.39, 0.29) is 16.9 Å². The molecule has 3 aliphatic heterocycles. The fourth-order valence-electron chi connectivity index (χ4n) is 4.13. The second-order valence-corrected chi connectivity index (χ2v) is 12.4. The van der Waals surface area contributed by atoms with Crippen molar-refractivity contribution in [1.29, 1.82) is 0 Å². The van der Waals surface area contributed by atoms with Crippen LogP contribution in [0.5, 0.6) is 17.2 Å². The highest BCUT2D eigenvalue weighted by molar-refractivity contribution is 6.18. The van der Waals surface area contributed by atoms with Gasteiger partial charge in [-0.25, -0.2) is 0 Å². The van der Waals surface area contributed by atoms with E-state index in [0.29, 0.717) is 23.8 Å². The van der Waals surface area contributed by atoms with E-state index in [4.69, 9.17) is 31.0 Å². The Balaban J connectivity index is 0.000000333. The Bertz CT molecular complexity index is 1110. The van der Waals surface area contributed by atoms with Crippen molar-refractivity contribution in [2.75, 3.05) is 32.3 Å². The molecular formula is C39H57ClO7. The molecule has 3 aromatic carbocycles. The number of phenolic OH excluding ortho intramolecular Hbond substituents is 3. The average Bonchev–Trinajstić information content (AvgIpc) is 3.91. The van der Waals surface area contributed by atoms with Crippen molar-refractivity contribution in [3.63, 3.8) is 0 Å². The third-order valence-corrected chi connectivity index (χ3v) is 7.81. The molecular weight excluding hydrogens is 616 g/mol. The minimum atomic E-state index is -0.151.